The summed E-state index contributed by atoms with van der Waals surface area (Å²) < 4.78 is 10.3. The van der Waals surface area contributed by atoms with Crippen molar-refractivity contribution < 1.29 is 19.4 Å². The first-order chi connectivity index (χ1) is 8.02. The minimum atomic E-state index is -1.07. The third kappa shape index (κ3) is 4.81. The first kappa shape index (κ1) is 14.1. The average Bonchev–Trinajstić information content (AvgIpc) is 2.22. The first-order valence-corrected chi connectivity index (χ1v) is 5.71. The van der Waals surface area contributed by atoms with E-state index >= 15 is 0 Å². The third-order valence-electron chi connectivity index (χ3n) is 1.88. The van der Waals surface area contributed by atoms with Crippen LogP contribution in [0.3, 0.4) is 0 Å². The lowest BCUT2D eigenvalue weighted by atomic mass is 10.3. The summed E-state index contributed by atoms with van der Waals surface area (Å²) >= 11 is 11.6. The molecule has 0 aliphatic heterocycles. The van der Waals surface area contributed by atoms with Crippen LogP contribution in [-0.4, -0.2) is 30.4 Å². The SMILES string of the molecule is CCOC(COc1cc(Cl)cc(Cl)c1)C(=O)O. The standard InChI is InChI=1S/C11H12Cl2O4/c1-2-16-10(11(14)15)6-17-9-4-7(12)3-8(13)5-9/h3-5,10H,2,6H2,1H3,(H,14,15). The van der Waals surface area contributed by atoms with E-state index in [9.17, 15) is 4.79 Å². The highest BCUT2D eigenvalue weighted by atomic mass is 35.5. The van der Waals surface area contributed by atoms with Crippen molar-refractivity contribution in [2.75, 3.05) is 13.2 Å². The number of ether oxygens (including phenoxy) is 2. The van der Waals surface area contributed by atoms with E-state index in [4.69, 9.17) is 37.8 Å². The van der Waals surface area contributed by atoms with Gasteiger partial charge >= 0.3 is 5.97 Å². The quantitative estimate of drug-likeness (QED) is 0.869. The number of halogens is 2. The molecule has 1 rings (SSSR count). The number of carboxylic acids is 1. The summed E-state index contributed by atoms with van der Waals surface area (Å²) in [6.07, 6.45) is -1.00. The normalized spacial score (nSPS) is 12.2. The molecular formula is C11H12Cl2O4. The van der Waals surface area contributed by atoms with Crippen LogP contribution in [0.4, 0.5) is 0 Å². The van der Waals surface area contributed by atoms with E-state index in [0.717, 1.165) is 0 Å². The van der Waals surface area contributed by atoms with Crippen LogP contribution in [0, 0.1) is 0 Å². The second kappa shape index (κ2) is 6.69. The summed E-state index contributed by atoms with van der Waals surface area (Å²) in [6.45, 7) is 1.92. The fourth-order valence-electron chi connectivity index (χ4n) is 1.18. The maximum absolute atomic E-state index is 10.8. The van der Waals surface area contributed by atoms with Gasteiger partial charge in [-0.05, 0) is 25.1 Å². The smallest absolute Gasteiger partial charge is 0.336 e. The minimum Gasteiger partial charge on any atom is -0.490 e. The molecule has 94 valence electrons. The van der Waals surface area contributed by atoms with Gasteiger partial charge in [-0.3, -0.25) is 0 Å². The Balaban J connectivity index is 2.61. The summed E-state index contributed by atoms with van der Waals surface area (Å²) in [5.74, 6) is -0.659. The Hall–Kier alpha value is -0.970. The number of rotatable bonds is 6. The van der Waals surface area contributed by atoms with Crippen molar-refractivity contribution in [1.29, 1.82) is 0 Å². The number of hydrogen-bond donors (Lipinski definition) is 1. The molecule has 0 radical (unpaired) electrons. The highest BCUT2D eigenvalue weighted by Crippen LogP contribution is 2.24. The van der Waals surface area contributed by atoms with Crippen LogP contribution in [0.5, 0.6) is 5.75 Å². The fraction of sp³-hybridized carbons (Fsp3) is 0.364. The molecule has 0 bridgehead atoms. The molecule has 1 unspecified atom stereocenters. The lowest BCUT2D eigenvalue weighted by molar-refractivity contribution is -0.152. The van der Waals surface area contributed by atoms with Crippen LogP contribution < -0.4 is 4.74 Å². The summed E-state index contributed by atoms with van der Waals surface area (Å²) in [7, 11) is 0. The molecule has 0 amide bonds. The van der Waals surface area contributed by atoms with E-state index < -0.39 is 12.1 Å². The molecule has 0 aliphatic carbocycles. The topological polar surface area (TPSA) is 55.8 Å². The molecule has 0 fully saturated rings. The fourth-order valence-corrected chi connectivity index (χ4v) is 1.68. The van der Waals surface area contributed by atoms with Crippen molar-refractivity contribution in [1.82, 2.24) is 0 Å². The molecule has 17 heavy (non-hydrogen) atoms. The van der Waals surface area contributed by atoms with E-state index in [1.807, 2.05) is 0 Å². The van der Waals surface area contributed by atoms with Crippen LogP contribution in [0.1, 0.15) is 6.92 Å². The van der Waals surface area contributed by atoms with Gasteiger partial charge < -0.3 is 14.6 Å². The Morgan fingerprint density at radius 2 is 1.94 bits per heavy atom. The van der Waals surface area contributed by atoms with Gasteiger partial charge in [0.2, 0.25) is 0 Å². The Kier molecular flexibility index (Phi) is 5.55. The molecule has 0 heterocycles. The van der Waals surface area contributed by atoms with Gasteiger partial charge in [0.15, 0.2) is 6.10 Å². The average molecular weight is 279 g/mol. The number of carboxylic acid groups (broad SMARTS) is 1. The van der Waals surface area contributed by atoms with Crippen molar-refractivity contribution >= 4 is 29.2 Å². The summed E-state index contributed by atoms with van der Waals surface area (Å²) in [4.78, 5) is 10.8. The molecule has 1 N–H and O–H groups in total. The van der Waals surface area contributed by atoms with Crippen molar-refractivity contribution in [3.8, 4) is 5.75 Å². The number of carbonyl (C=O) groups is 1. The minimum absolute atomic E-state index is 0.0974. The third-order valence-corrected chi connectivity index (χ3v) is 2.32. The van der Waals surface area contributed by atoms with E-state index in [2.05, 4.69) is 0 Å². The molecule has 4 nitrogen and oxygen atoms in total. The molecule has 1 aromatic carbocycles. The largest absolute Gasteiger partial charge is 0.490 e. The molecule has 1 aromatic rings. The van der Waals surface area contributed by atoms with Crippen molar-refractivity contribution in [3.63, 3.8) is 0 Å². The van der Waals surface area contributed by atoms with E-state index in [0.29, 0.717) is 22.4 Å². The second-order valence-corrected chi connectivity index (χ2v) is 4.07. The Morgan fingerprint density at radius 3 is 2.41 bits per heavy atom. The molecule has 0 aliphatic rings. The molecule has 1 atom stereocenters. The van der Waals surface area contributed by atoms with Gasteiger partial charge in [-0.1, -0.05) is 23.2 Å². The van der Waals surface area contributed by atoms with Crippen LogP contribution in [0.2, 0.25) is 10.0 Å². The van der Waals surface area contributed by atoms with Crippen LogP contribution >= 0.6 is 23.2 Å². The van der Waals surface area contributed by atoms with E-state index in [-0.39, 0.29) is 6.61 Å². The van der Waals surface area contributed by atoms with Crippen molar-refractivity contribution in [3.05, 3.63) is 28.2 Å². The van der Waals surface area contributed by atoms with Gasteiger partial charge in [0.1, 0.15) is 12.4 Å². The molecule has 0 saturated carbocycles. The second-order valence-electron chi connectivity index (χ2n) is 3.20. The monoisotopic (exact) mass is 278 g/mol. The van der Waals surface area contributed by atoms with Gasteiger partial charge in [0.05, 0.1) is 0 Å². The highest BCUT2D eigenvalue weighted by molar-refractivity contribution is 6.34. The predicted molar refractivity (Wildman–Crippen MR) is 65.0 cm³/mol. The number of benzene rings is 1. The molecule has 6 heteroatoms. The summed E-state index contributed by atoms with van der Waals surface area (Å²) in [5, 5.41) is 9.69. The van der Waals surface area contributed by atoms with Gasteiger partial charge in [-0.2, -0.15) is 0 Å². The highest BCUT2D eigenvalue weighted by Gasteiger charge is 2.18. The zero-order valence-electron chi connectivity index (χ0n) is 9.15. The maximum atomic E-state index is 10.8. The zero-order valence-corrected chi connectivity index (χ0v) is 10.7. The molecular weight excluding hydrogens is 267 g/mol. The van der Waals surface area contributed by atoms with Gasteiger partial charge in [0, 0.05) is 16.7 Å². The van der Waals surface area contributed by atoms with Crippen LogP contribution in [0.25, 0.3) is 0 Å². The zero-order chi connectivity index (χ0) is 12.8. The molecule has 0 spiro atoms. The lowest BCUT2D eigenvalue weighted by Gasteiger charge is -2.13. The Bertz CT molecular complexity index is 375. The Morgan fingerprint density at radius 1 is 1.35 bits per heavy atom. The maximum Gasteiger partial charge on any atom is 0.336 e. The van der Waals surface area contributed by atoms with Gasteiger partial charge in [-0.15, -0.1) is 0 Å². The molecule has 0 aromatic heterocycles. The van der Waals surface area contributed by atoms with Crippen LogP contribution in [0.15, 0.2) is 18.2 Å². The number of hydrogen-bond acceptors (Lipinski definition) is 3. The summed E-state index contributed by atoms with van der Waals surface area (Å²) in [6, 6.07) is 4.67. The number of aliphatic carboxylic acids is 1. The first-order valence-electron chi connectivity index (χ1n) is 4.96. The van der Waals surface area contributed by atoms with E-state index in [1.54, 1.807) is 25.1 Å². The lowest BCUT2D eigenvalue weighted by Crippen LogP contribution is -2.30. The predicted octanol–water partition coefficient (Wildman–Crippen LogP) is 2.86. The summed E-state index contributed by atoms with van der Waals surface area (Å²) in [5.41, 5.74) is 0. The Labute approximate surface area is 109 Å². The van der Waals surface area contributed by atoms with Gasteiger partial charge in [0.25, 0.3) is 0 Å². The van der Waals surface area contributed by atoms with E-state index in [1.165, 1.54) is 0 Å². The van der Waals surface area contributed by atoms with Gasteiger partial charge in [-0.25, -0.2) is 4.79 Å². The van der Waals surface area contributed by atoms with Crippen molar-refractivity contribution in [2.24, 2.45) is 0 Å². The van der Waals surface area contributed by atoms with Crippen LogP contribution in [-0.2, 0) is 9.53 Å². The van der Waals surface area contributed by atoms with Crippen molar-refractivity contribution in [2.45, 2.75) is 13.0 Å². The molecule has 0 saturated heterocycles.